The SMILES string of the molecule is COC(=O)[C@H](O)[C@@H]1[C@@]2(C)[C@H]3CC[C@@]4(C)[C@H](c5ccoc5)OC(=O)C[C@@]45O[C@H]4C(=O)[C@]1(C)C[C@]2(O)[C@H]4[C@@]35O. The summed E-state index contributed by atoms with van der Waals surface area (Å²) in [4.78, 5) is 40.1. The van der Waals surface area contributed by atoms with Gasteiger partial charge in [-0.3, -0.25) is 9.59 Å². The van der Waals surface area contributed by atoms with E-state index in [1.54, 1.807) is 19.9 Å². The van der Waals surface area contributed by atoms with Gasteiger partial charge >= 0.3 is 11.9 Å². The first-order valence-corrected chi connectivity index (χ1v) is 12.9. The number of ether oxygens (including phenoxy) is 3. The van der Waals surface area contributed by atoms with Gasteiger partial charge in [0.15, 0.2) is 11.9 Å². The van der Waals surface area contributed by atoms with Crippen LogP contribution in [0.15, 0.2) is 23.0 Å². The van der Waals surface area contributed by atoms with E-state index in [2.05, 4.69) is 0 Å². The highest BCUT2D eigenvalue weighted by atomic mass is 16.6. The Kier molecular flexibility index (Phi) is 4.17. The molecule has 1 aromatic heterocycles. The van der Waals surface area contributed by atoms with E-state index in [9.17, 15) is 29.7 Å². The normalized spacial score (nSPS) is 55.6. The molecule has 7 rings (SSSR count). The fraction of sp³-hybridized carbons (Fsp3) is 0.741. The monoisotopic (exact) mass is 516 g/mol. The maximum Gasteiger partial charge on any atom is 0.335 e. The molecule has 4 aliphatic carbocycles. The van der Waals surface area contributed by atoms with Crippen LogP contribution in [-0.4, -0.2) is 69.2 Å². The molecule has 0 amide bonds. The Morgan fingerprint density at radius 3 is 2.59 bits per heavy atom. The number of rotatable bonds is 3. The van der Waals surface area contributed by atoms with Gasteiger partial charge in [-0.2, -0.15) is 0 Å². The molecule has 4 saturated carbocycles. The van der Waals surface area contributed by atoms with Crippen LogP contribution in [0.1, 0.15) is 58.1 Å². The standard InChI is InChI=1S/C27H32O10/c1-22-11-25(32)18-16(19(22)30)37-26-9-14(28)36-20(12-6-8-35-10-12)23(26,2)7-5-13(27(18,26)33)24(25,3)17(22)15(29)21(31)34-4/h6,8,10,13,15-18,20,29,32-33H,5,7,9,11H2,1-4H3/t13-,15-,16-,17+,18+,20+,22-,23+,24-,25+,26-,27+/m1/s1. The van der Waals surface area contributed by atoms with Gasteiger partial charge in [0.25, 0.3) is 0 Å². The lowest BCUT2D eigenvalue weighted by molar-refractivity contribution is -0.295. The van der Waals surface area contributed by atoms with Crippen LogP contribution in [0.4, 0.5) is 0 Å². The molecule has 2 saturated heterocycles. The summed E-state index contributed by atoms with van der Waals surface area (Å²) >= 11 is 0. The van der Waals surface area contributed by atoms with Gasteiger partial charge in [-0.05, 0) is 31.2 Å². The Labute approximate surface area is 213 Å². The number of hydrogen-bond acceptors (Lipinski definition) is 10. The quantitative estimate of drug-likeness (QED) is 0.497. The van der Waals surface area contributed by atoms with Gasteiger partial charge in [-0.25, -0.2) is 4.79 Å². The highest BCUT2D eigenvalue weighted by Crippen LogP contribution is 2.85. The first kappa shape index (κ1) is 23.8. The van der Waals surface area contributed by atoms with Gasteiger partial charge in [0.1, 0.15) is 23.4 Å². The van der Waals surface area contributed by atoms with Crippen molar-refractivity contribution in [1.82, 2.24) is 0 Å². The lowest BCUT2D eigenvalue weighted by Crippen LogP contribution is -2.72. The maximum absolute atomic E-state index is 14.2. The molecule has 0 unspecified atom stereocenters. The number of aliphatic hydroxyl groups is 3. The van der Waals surface area contributed by atoms with E-state index in [-0.39, 0.29) is 18.6 Å². The van der Waals surface area contributed by atoms with E-state index >= 15 is 0 Å². The zero-order valence-electron chi connectivity index (χ0n) is 21.2. The van der Waals surface area contributed by atoms with Gasteiger partial charge < -0.3 is 33.9 Å². The Morgan fingerprint density at radius 1 is 1.22 bits per heavy atom. The van der Waals surface area contributed by atoms with Crippen LogP contribution >= 0.6 is 0 Å². The third kappa shape index (κ3) is 2.08. The minimum atomic E-state index is -1.79. The molecule has 200 valence electrons. The first-order valence-electron chi connectivity index (χ1n) is 12.9. The molecule has 2 bridgehead atoms. The third-order valence-corrected chi connectivity index (χ3v) is 11.9. The van der Waals surface area contributed by atoms with E-state index in [0.29, 0.717) is 18.4 Å². The Bertz CT molecular complexity index is 1240. The number of methoxy groups -OCH3 is 1. The molecule has 6 fully saturated rings. The van der Waals surface area contributed by atoms with Crippen molar-refractivity contribution in [2.75, 3.05) is 7.11 Å². The lowest BCUT2D eigenvalue weighted by atomic mass is 9.45. The van der Waals surface area contributed by atoms with Crippen molar-refractivity contribution < 1.29 is 48.3 Å². The molecular formula is C27H32O10. The average Bonchev–Trinajstić information content (AvgIpc) is 3.52. The summed E-state index contributed by atoms with van der Waals surface area (Å²) in [5.74, 6) is -4.55. The highest BCUT2D eigenvalue weighted by Gasteiger charge is 2.95. The topological polar surface area (TPSA) is 153 Å². The van der Waals surface area contributed by atoms with Crippen LogP contribution in [0.3, 0.4) is 0 Å². The number of carbonyl (C=O) groups is 3. The second kappa shape index (κ2) is 6.47. The summed E-state index contributed by atoms with van der Waals surface area (Å²) in [6, 6.07) is 1.71. The maximum atomic E-state index is 14.2. The molecular weight excluding hydrogens is 484 g/mol. The molecule has 10 heteroatoms. The number of cyclic esters (lactones) is 1. The zero-order chi connectivity index (χ0) is 26.6. The van der Waals surface area contributed by atoms with Crippen molar-refractivity contribution in [3.63, 3.8) is 0 Å². The fourth-order valence-corrected chi connectivity index (χ4v) is 10.7. The van der Waals surface area contributed by atoms with E-state index in [0.717, 1.165) is 7.11 Å². The number of furan rings is 1. The molecule has 2 aliphatic heterocycles. The summed E-state index contributed by atoms with van der Waals surface area (Å²) in [5, 5.41) is 36.8. The van der Waals surface area contributed by atoms with E-state index in [1.165, 1.54) is 12.5 Å². The lowest BCUT2D eigenvalue weighted by Gasteiger charge is -2.63. The Morgan fingerprint density at radius 2 is 1.95 bits per heavy atom. The average molecular weight is 517 g/mol. The van der Waals surface area contributed by atoms with Crippen molar-refractivity contribution in [2.45, 2.75) is 81.6 Å². The van der Waals surface area contributed by atoms with Crippen LogP contribution in [0.2, 0.25) is 0 Å². The van der Waals surface area contributed by atoms with Crippen LogP contribution < -0.4 is 0 Å². The van der Waals surface area contributed by atoms with Gasteiger partial charge in [-0.15, -0.1) is 0 Å². The molecule has 12 atom stereocenters. The molecule has 6 aliphatic rings. The number of esters is 2. The number of aliphatic hydroxyl groups excluding tert-OH is 1. The van der Waals surface area contributed by atoms with Crippen LogP contribution in [0.25, 0.3) is 0 Å². The number of ketones is 1. The largest absolute Gasteiger partial charge is 0.472 e. The predicted octanol–water partition coefficient (Wildman–Crippen LogP) is 1.06. The second-order valence-corrected chi connectivity index (χ2v) is 12.9. The summed E-state index contributed by atoms with van der Waals surface area (Å²) in [6.07, 6.45) is -0.164. The minimum Gasteiger partial charge on any atom is -0.472 e. The zero-order valence-corrected chi connectivity index (χ0v) is 21.2. The van der Waals surface area contributed by atoms with Crippen molar-refractivity contribution in [3.05, 3.63) is 24.2 Å². The molecule has 0 aromatic carbocycles. The molecule has 3 heterocycles. The van der Waals surface area contributed by atoms with Gasteiger partial charge in [-0.1, -0.05) is 20.8 Å². The van der Waals surface area contributed by atoms with E-state index in [1.807, 2.05) is 6.92 Å². The second-order valence-electron chi connectivity index (χ2n) is 12.9. The smallest absolute Gasteiger partial charge is 0.335 e. The van der Waals surface area contributed by atoms with Crippen molar-refractivity contribution in [3.8, 4) is 0 Å². The van der Waals surface area contributed by atoms with Crippen LogP contribution in [0, 0.1) is 34.0 Å². The molecule has 0 radical (unpaired) electrons. The fourth-order valence-electron chi connectivity index (χ4n) is 10.7. The van der Waals surface area contributed by atoms with Crippen molar-refractivity contribution in [2.24, 2.45) is 34.0 Å². The summed E-state index contributed by atoms with van der Waals surface area (Å²) in [5.41, 5.74) is -7.81. The minimum absolute atomic E-state index is 0.0280. The molecule has 1 spiro atoms. The Hall–Kier alpha value is -2.27. The van der Waals surface area contributed by atoms with Crippen LogP contribution in [0.5, 0.6) is 0 Å². The molecule has 3 N–H and O–H groups in total. The van der Waals surface area contributed by atoms with Gasteiger partial charge in [0.05, 0.1) is 37.6 Å². The number of Topliss-reactive ketones (excluding diaryl/α,β-unsaturated/α-hetero) is 1. The van der Waals surface area contributed by atoms with E-state index < -0.39 is 81.1 Å². The predicted molar refractivity (Wildman–Crippen MR) is 121 cm³/mol. The van der Waals surface area contributed by atoms with Crippen LogP contribution in [-0.2, 0) is 28.6 Å². The third-order valence-electron chi connectivity index (χ3n) is 11.9. The number of carbonyl (C=O) groups excluding carboxylic acids is 3. The summed E-state index contributed by atoms with van der Waals surface area (Å²) in [6.45, 7) is 5.34. The molecule has 10 nitrogen and oxygen atoms in total. The number of fused-ring (bicyclic) bond motifs is 2. The number of hydrogen-bond donors (Lipinski definition) is 3. The molecule has 1 aromatic rings. The summed E-state index contributed by atoms with van der Waals surface area (Å²) in [7, 11) is 1.16. The molecule has 37 heavy (non-hydrogen) atoms. The highest BCUT2D eigenvalue weighted by molar-refractivity contribution is 5.94. The van der Waals surface area contributed by atoms with E-state index in [4.69, 9.17) is 18.6 Å². The first-order chi connectivity index (χ1) is 17.3. The van der Waals surface area contributed by atoms with Crippen molar-refractivity contribution >= 4 is 17.7 Å². The Balaban J connectivity index is 1.49. The van der Waals surface area contributed by atoms with Crippen molar-refractivity contribution in [1.29, 1.82) is 0 Å². The van der Waals surface area contributed by atoms with Gasteiger partial charge in [0.2, 0.25) is 0 Å². The summed E-state index contributed by atoms with van der Waals surface area (Å²) < 4.78 is 22.7. The van der Waals surface area contributed by atoms with Gasteiger partial charge in [0, 0.05) is 27.7 Å².